The van der Waals surface area contributed by atoms with E-state index >= 15 is 0 Å². The molecule has 2 heterocycles. The number of hydrogen-bond acceptors (Lipinski definition) is 2. The Kier molecular flexibility index (Phi) is 3.99. The first-order valence-corrected chi connectivity index (χ1v) is 7.68. The van der Waals surface area contributed by atoms with Crippen LogP contribution in [0, 0.1) is 11.2 Å². The minimum Gasteiger partial charge on any atom is -0.341 e. The van der Waals surface area contributed by atoms with Crippen LogP contribution in [0.3, 0.4) is 0 Å². The Morgan fingerprint density at radius 3 is 2.22 bits per heavy atom. The molecule has 1 aromatic carbocycles. The highest BCUT2D eigenvalue weighted by atomic mass is 19.1. The Morgan fingerprint density at radius 2 is 1.61 bits per heavy atom. The summed E-state index contributed by atoms with van der Waals surface area (Å²) in [7, 11) is 0. The van der Waals surface area contributed by atoms with Crippen molar-refractivity contribution in [2.45, 2.75) is 27.2 Å². The van der Waals surface area contributed by atoms with Gasteiger partial charge < -0.3 is 4.98 Å². The summed E-state index contributed by atoms with van der Waals surface area (Å²) >= 11 is 0. The van der Waals surface area contributed by atoms with Gasteiger partial charge in [0.1, 0.15) is 11.6 Å². The van der Waals surface area contributed by atoms with E-state index in [0.29, 0.717) is 0 Å². The number of benzene rings is 1. The number of pyridine rings is 1. The second-order valence-electron chi connectivity index (χ2n) is 6.89. The van der Waals surface area contributed by atoms with Crippen LogP contribution in [0.15, 0.2) is 48.8 Å². The van der Waals surface area contributed by atoms with Crippen LogP contribution < -0.4 is 0 Å². The maximum Gasteiger partial charge on any atom is 0.123 e. The maximum absolute atomic E-state index is 13.2. The van der Waals surface area contributed by atoms with Crippen molar-refractivity contribution in [3.05, 3.63) is 60.4 Å². The van der Waals surface area contributed by atoms with Crippen molar-refractivity contribution in [3.8, 4) is 22.5 Å². The van der Waals surface area contributed by atoms with Gasteiger partial charge >= 0.3 is 0 Å². The van der Waals surface area contributed by atoms with E-state index in [4.69, 9.17) is 4.98 Å². The molecule has 0 aliphatic carbocycles. The third kappa shape index (κ3) is 3.65. The van der Waals surface area contributed by atoms with Gasteiger partial charge in [0.2, 0.25) is 0 Å². The summed E-state index contributed by atoms with van der Waals surface area (Å²) in [5, 5.41) is 0. The van der Waals surface area contributed by atoms with E-state index in [1.807, 2.05) is 12.1 Å². The van der Waals surface area contributed by atoms with Crippen LogP contribution in [0.2, 0.25) is 0 Å². The number of halogens is 1. The van der Waals surface area contributed by atoms with Crippen LogP contribution in [0.4, 0.5) is 4.39 Å². The van der Waals surface area contributed by atoms with Crippen LogP contribution in [-0.4, -0.2) is 15.0 Å². The lowest BCUT2D eigenvalue weighted by atomic mass is 9.92. The zero-order valence-electron chi connectivity index (χ0n) is 13.6. The molecular weight excluding hydrogens is 289 g/mol. The van der Waals surface area contributed by atoms with E-state index in [1.165, 1.54) is 12.1 Å². The molecule has 0 unspecified atom stereocenters. The normalized spacial score (nSPS) is 11.7. The molecular formula is C19H20FN3. The molecule has 4 heteroatoms. The van der Waals surface area contributed by atoms with Gasteiger partial charge in [-0.1, -0.05) is 20.8 Å². The van der Waals surface area contributed by atoms with E-state index in [0.717, 1.165) is 34.8 Å². The average molecular weight is 309 g/mol. The van der Waals surface area contributed by atoms with Crippen molar-refractivity contribution < 1.29 is 4.39 Å². The lowest BCUT2D eigenvalue weighted by molar-refractivity contribution is 0.402. The fraction of sp³-hybridized carbons (Fsp3) is 0.263. The van der Waals surface area contributed by atoms with Gasteiger partial charge in [0.25, 0.3) is 0 Å². The molecule has 2 aromatic heterocycles. The van der Waals surface area contributed by atoms with E-state index in [-0.39, 0.29) is 11.2 Å². The van der Waals surface area contributed by atoms with Crippen LogP contribution >= 0.6 is 0 Å². The van der Waals surface area contributed by atoms with Crippen LogP contribution in [-0.2, 0) is 6.42 Å². The highest BCUT2D eigenvalue weighted by Crippen LogP contribution is 2.31. The van der Waals surface area contributed by atoms with Gasteiger partial charge in [0.15, 0.2) is 0 Å². The molecule has 0 radical (unpaired) electrons. The number of aromatic nitrogens is 3. The maximum atomic E-state index is 13.2. The molecule has 0 spiro atoms. The topological polar surface area (TPSA) is 41.6 Å². The quantitative estimate of drug-likeness (QED) is 0.750. The second-order valence-corrected chi connectivity index (χ2v) is 6.89. The number of aromatic amines is 1. The standard InChI is InChI=1S/C19H20FN3/c1-19(2,3)12-16-22-17(13-4-6-15(20)7-5-13)18(23-16)14-8-10-21-11-9-14/h4-11H,12H2,1-3H3,(H,22,23). The average Bonchev–Trinajstić information content (AvgIpc) is 2.90. The SMILES string of the molecule is CC(C)(C)Cc1nc(-c2ccc(F)cc2)c(-c2ccncc2)[nH]1. The molecule has 0 fully saturated rings. The van der Waals surface area contributed by atoms with Crippen LogP contribution in [0.5, 0.6) is 0 Å². The molecule has 0 saturated heterocycles. The predicted octanol–water partition coefficient (Wildman–Crippen LogP) is 4.87. The molecule has 118 valence electrons. The van der Waals surface area contributed by atoms with Gasteiger partial charge in [0.05, 0.1) is 11.4 Å². The van der Waals surface area contributed by atoms with Gasteiger partial charge in [0, 0.05) is 29.9 Å². The molecule has 1 N–H and O–H groups in total. The molecule has 3 nitrogen and oxygen atoms in total. The van der Waals surface area contributed by atoms with Crippen LogP contribution in [0.1, 0.15) is 26.6 Å². The number of hydrogen-bond donors (Lipinski definition) is 1. The third-order valence-corrected chi connectivity index (χ3v) is 3.54. The van der Waals surface area contributed by atoms with E-state index < -0.39 is 0 Å². The first-order chi connectivity index (χ1) is 10.9. The molecule has 0 aliphatic rings. The lowest BCUT2D eigenvalue weighted by Gasteiger charge is -2.15. The zero-order chi connectivity index (χ0) is 16.4. The van der Waals surface area contributed by atoms with Crippen molar-refractivity contribution in [2.24, 2.45) is 5.41 Å². The minimum atomic E-state index is -0.246. The smallest absolute Gasteiger partial charge is 0.123 e. The van der Waals surface area contributed by atoms with E-state index in [2.05, 4.69) is 30.7 Å². The Bertz CT molecular complexity index is 784. The van der Waals surface area contributed by atoms with E-state index in [9.17, 15) is 4.39 Å². The summed E-state index contributed by atoms with van der Waals surface area (Å²) in [4.78, 5) is 12.3. The zero-order valence-corrected chi connectivity index (χ0v) is 13.6. The minimum absolute atomic E-state index is 0.132. The highest BCUT2D eigenvalue weighted by Gasteiger charge is 2.18. The first-order valence-electron chi connectivity index (χ1n) is 7.68. The summed E-state index contributed by atoms with van der Waals surface area (Å²) in [5.74, 6) is 0.688. The molecule has 0 amide bonds. The van der Waals surface area contributed by atoms with Gasteiger partial charge in [-0.15, -0.1) is 0 Å². The Balaban J connectivity index is 2.10. The van der Waals surface area contributed by atoms with Gasteiger partial charge in [-0.2, -0.15) is 0 Å². The molecule has 3 aromatic rings. The summed E-state index contributed by atoms with van der Waals surface area (Å²) in [6, 6.07) is 10.3. The fourth-order valence-corrected chi connectivity index (χ4v) is 2.55. The van der Waals surface area contributed by atoms with Gasteiger partial charge in [-0.05, 0) is 41.8 Å². The Morgan fingerprint density at radius 1 is 0.957 bits per heavy atom. The summed E-state index contributed by atoms with van der Waals surface area (Å²) in [6.45, 7) is 6.54. The number of H-pyrrole nitrogens is 1. The summed E-state index contributed by atoms with van der Waals surface area (Å²) < 4.78 is 13.2. The van der Waals surface area contributed by atoms with Crippen molar-refractivity contribution in [2.75, 3.05) is 0 Å². The van der Waals surface area contributed by atoms with E-state index in [1.54, 1.807) is 24.5 Å². The predicted molar refractivity (Wildman–Crippen MR) is 90.4 cm³/mol. The van der Waals surface area contributed by atoms with Crippen molar-refractivity contribution >= 4 is 0 Å². The molecule has 3 rings (SSSR count). The molecule has 0 bridgehead atoms. The number of nitrogens with zero attached hydrogens (tertiary/aromatic N) is 2. The molecule has 0 aliphatic heterocycles. The summed E-state index contributed by atoms with van der Waals surface area (Å²) in [5.41, 5.74) is 3.84. The second kappa shape index (κ2) is 5.95. The van der Waals surface area contributed by atoms with Crippen molar-refractivity contribution in [1.82, 2.24) is 15.0 Å². The fourth-order valence-electron chi connectivity index (χ4n) is 2.55. The van der Waals surface area contributed by atoms with Crippen LogP contribution in [0.25, 0.3) is 22.5 Å². The third-order valence-electron chi connectivity index (χ3n) is 3.54. The van der Waals surface area contributed by atoms with Gasteiger partial charge in [-0.3, -0.25) is 4.98 Å². The molecule has 0 atom stereocenters. The number of rotatable bonds is 3. The molecule has 23 heavy (non-hydrogen) atoms. The van der Waals surface area contributed by atoms with Crippen molar-refractivity contribution in [1.29, 1.82) is 0 Å². The monoisotopic (exact) mass is 309 g/mol. The Hall–Kier alpha value is -2.49. The van der Waals surface area contributed by atoms with Crippen molar-refractivity contribution in [3.63, 3.8) is 0 Å². The summed E-state index contributed by atoms with van der Waals surface area (Å²) in [6.07, 6.45) is 4.36. The first kappa shape index (κ1) is 15.4. The number of nitrogens with one attached hydrogen (secondary N) is 1. The number of imidazole rings is 1. The Labute approximate surface area is 135 Å². The highest BCUT2D eigenvalue weighted by molar-refractivity contribution is 5.78. The van der Waals surface area contributed by atoms with Gasteiger partial charge in [-0.25, -0.2) is 9.37 Å². The molecule has 0 saturated carbocycles. The lowest BCUT2D eigenvalue weighted by Crippen LogP contribution is -2.10. The largest absolute Gasteiger partial charge is 0.341 e.